The molecule has 0 aromatic carbocycles. The van der Waals surface area contributed by atoms with E-state index in [-0.39, 0.29) is 15.9 Å². The summed E-state index contributed by atoms with van der Waals surface area (Å²) in [5.74, 6) is -1.46. The van der Waals surface area contributed by atoms with Crippen molar-refractivity contribution in [3.05, 3.63) is 22.2 Å². The number of carboxylic acid groups (broad SMARTS) is 1. The van der Waals surface area contributed by atoms with E-state index in [1.807, 2.05) is 0 Å². The summed E-state index contributed by atoms with van der Waals surface area (Å²) >= 11 is 11.0. The predicted molar refractivity (Wildman–Crippen MR) is 44.6 cm³/mol. The fraction of sp³-hybridized carbons (Fsp3) is 0.167. The molecule has 0 bridgehead atoms. The van der Waals surface area contributed by atoms with Crippen LogP contribution < -0.4 is 0 Å². The molecule has 7 heteroatoms. The summed E-state index contributed by atoms with van der Waals surface area (Å²) in [6, 6.07) is 0. The molecule has 1 unspecified atom stereocenters. The van der Waals surface area contributed by atoms with Crippen LogP contribution in [0.25, 0.3) is 0 Å². The Morgan fingerprint density at radius 1 is 1.38 bits per heavy atom. The Kier molecular flexibility index (Phi) is 3.02. The van der Waals surface area contributed by atoms with Crippen molar-refractivity contribution in [2.45, 2.75) is 6.10 Å². The van der Waals surface area contributed by atoms with Gasteiger partial charge in [0.2, 0.25) is 0 Å². The highest BCUT2D eigenvalue weighted by Gasteiger charge is 2.23. The number of aromatic nitrogens is 2. The molecule has 0 radical (unpaired) electrons. The normalized spacial score (nSPS) is 12.5. The second-order valence-corrected chi connectivity index (χ2v) is 2.83. The molecule has 0 fully saturated rings. The second kappa shape index (κ2) is 3.87. The number of nitrogens with zero attached hydrogens (tertiary/aromatic N) is 2. The SMILES string of the molecule is O=C(O)C(O)c1c(Cl)ncnc1Cl. The lowest BCUT2D eigenvalue weighted by Crippen LogP contribution is -2.12. The Morgan fingerprint density at radius 3 is 2.23 bits per heavy atom. The highest BCUT2D eigenvalue weighted by molar-refractivity contribution is 6.34. The van der Waals surface area contributed by atoms with Crippen LogP contribution in [-0.2, 0) is 4.79 Å². The standard InChI is InChI=1S/C6H4Cl2N2O3/c7-4-2(3(11)6(12)13)5(8)10-1-9-4/h1,3,11H,(H,12,13). The molecule has 70 valence electrons. The molecule has 0 saturated carbocycles. The van der Waals surface area contributed by atoms with E-state index >= 15 is 0 Å². The first-order valence-corrected chi connectivity index (χ1v) is 3.86. The molecule has 13 heavy (non-hydrogen) atoms. The Morgan fingerprint density at radius 2 is 1.85 bits per heavy atom. The van der Waals surface area contributed by atoms with Crippen molar-refractivity contribution in [1.82, 2.24) is 9.97 Å². The van der Waals surface area contributed by atoms with Crippen molar-refractivity contribution >= 4 is 29.2 Å². The Hall–Kier alpha value is -0.910. The molecule has 0 amide bonds. The summed E-state index contributed by atoms with van der Waals surface area (Å²) in [5, 5.41) is 17.2. The van der Waals surface area contributed by atoms with Gasteiger partial charge in [-0.2, -0.15) is 0 Å². The number of carboxylic acids is 1. The molecule has 0 aliphatic rings. The molecule has 1 heterocycles. The van der Waals surface area contributed by atoms with Gasteiger partial charge in [-0.05, 0) is 0 Å². The van der Waals surface area contributed by atoms with Gasteiger partial charge in [0.1, 0.15) is 16.6 Å². The van der Waals surface area contributed by atoms with Crippen molar-refractivity contribution in [2.24, 2.45) is 0 Å². The molecule has 0 aliphatic heterocycles. The van der Waals surface area contributed by atoms with Gasteiger partial charge in [-0.15, -0.1) is 0 Å². The average molecular weight is 223 g/mol. The second-order valence-electron chi connectivity index (χ2n) is 2.11. The van der Waals surface area contributed by atoms with Crippen molar-refractivity contribution in [3.8, 4) is 0 Å². The Labute approximate surface area is 83.0 Å². The molecule has 1 rings (SSSR count). The number of aliphatic carboxylic acids is 1. The fourth-order valence-electron chi connectivity index (χ4n) is 0.704. The third-order valence-electron chi connectivity index (χ3n) is 1.29. The predicted octanol–water partition coefficient (Wildman–Crippen LogP) is 0.901. The van der Waals surface area contributed by atoms with Gasteiger partial charge in [-0.3, -0.25) is 0 Å². The van der Waals surface area contributed by atoms with E-state index in [0.29, 0.717) is 0 Å². The third-order valence-corrected chi connectivity index (χ3v) is 1.90. The lowest BCUT2D eigenvalue weighted by molar-refractivity contribution is -0.147. The zero-order valence-electron chi connectivity index (χ0n) is 6.11. The largest absolute Gasteiger partial charge is 0.479 e. The van der Waals surface area contributed by atoms with E-state index in [2.05, 4.69) is 9.97 Å². The quantitative estimate of drug-likeness (QED) is 0.727. The van der Waals surface area contributed by atoms with E-state index in [1.165, 1.54) is 0 Å². The molecule has 1 aromatic rings. The number of aliphatic hydroxyl groups is 1. The van der Waals surface area contributed by atoms with Gasteiger partial charge in [0.15, 0.2) is 6.10 Å². The third kappa shape index (κ3) is 2.06. The summed E-state index contributed by atoms with van der Waals surface area (Å²) in [5.41, 5.74) is -0.196. The molecule has 1 atom stereocenters. The lowest BCUT2D eigenvalue weighted by Gasteiger charge is -2.07. The minimum absolute atomic E-state index is 0.171. The first kappa shape index (κ1) is 10.2. The van der Waals surface area contributed by atoms with E-state index < -0.39 is 12.1 Å². The van der Waals surface area contributed by atoms with Crippen LogP contribution in [-0.4, -0.2) is 26.2 Å². The van der Waals surface area contributed by atoms with Crippen LogP contribution in [0, 0.1) is 0 Å². The zero-order valence-corrected chi connectivity index (χ0v) is 7.62. The van der Waals surface area contributed by atoms with Crippen LogP contribution >= 0.6 is 23.2 Å². The van der Waals surface area contributed by atoms with Crippen molar-refractivity contribution in [1.29, 1.82) is 0 Å². The monoisotopic (exact) mass is 222 g/mol. The minimum atomic E-state index is -1.80. The zero-order chi connectivity index (χ0) is 10.0. The maximum Gasteiger partial charge on any atom is 0.337 e. The van der Waals surface area contributed by atoms with Gasteiger partial charge in [0.05, 0.1) is 5.56 Å². The van der Waals surface area contributed by atoms with Gasteiger partial charge in [0, 0.05) is 0 Å². The van der Waals surface area contributed by atoms with Crippen LogP contribution in [0.5, 0.6) is 0 Å². The van der Waals surface area contributed by atoms with E-state index in [4.69, 9.17) is 33.4 Å². The van der Waals surface area contributed by atoms with Crippen LogP contribution in [0.15, 0.2) is 6.33 Å². The summed E-state index contributed by atoms with van der Waals surface area (Å²) < 4.78 is 0. The molecule has 5 nitrogen and oxygen atoms in total. The molecular formula is C6H4Cl2N2O3. The maximum absolute atomic E-state index is 10.4. The fourth-order valence-corrected chi connectivity index (χ4v) is 1.22. The lowest BCUT2D eigenvalue weighted by atomic mass is 10.2. The summed E-state index contributed by atoms with van der Waals surface area (Å²) in [6.45, 7) is 0. The number of carbonyl (C=O) groups is 1. The van der Waals surface area contributed by atoms with Crippen LogP contribution in [0.3, 0.4) is 0 Å². The van der Waals surface area contributed by atoms with E-state index in [1.54, 1.807) is 0 Å². The Bertz CT molecular complexity index is 324. The number of hydrogen-bond donors (Lipinski definition) is 2. The van der Waals surface area contributed by atoms with Gasteiger partial charge in [-0.25, -0.2) is 14.8 Å². The van der Waals surface area contributed by atoms with Gasteiger partial charge >= 0.3 is 5.97 Å². The molecule has 0 aliphatic carbocycles. The minimum Gasteiger partial charge on any atom is -0.479 e. The van der Waals surface area contributed by atoms with Gasteiger partial charge < -0.3 is 10.2 Å². The van der Waals surface area contributed by atoms with Gasteiger partial charge in [-0.1, -0.05) is 23.2 Å². The van der Waals surface area contributed by atoms with Crippen molar-refractivity contribution in [2.75, 3.05) is 0 Å². The van der Waals surface area contributed by atoms with Crippen LogP contribution in [0.1, 0.15) is 11.7 Å². The highest BCUT2D eigenvalue weighted by Crippen LogP contribution is 2.26. The first-order chi connectivity index (χ1) is 6.04. The molecule has 0 spiro atoms. The topological polar surface area (TPSA) is 83.3 Å². The molecule has 0 saturated heterocycles. The first-order valence-electron chi connectivity index (χ1n) is 3.10. The summed E-state index contributed by atoms with van der Waals surface area (Å²) in [7, 11) is 0. The van der Waals surface area contributed by atoms with Gasteiger partial charge in [0.25, 0.3) is 0 Å². The van der Waals surface area contributed by atoms with Crippen molar-refractivity contribution in [3.63, 3.8) is 0 Å². The van der Waals surface area contributed by atoms with E-state index in [0.717, 1.165) is 6.33 Å². The number of halogens is 2. The van der Waals surface area contributed by atoms with Crippen LogP contribution in [0.2, 0.25) is 10.3 Å². The van der Waals surface area contributed by atoms with Crippen molar-refractivity contribution < 1.29 is 15.0 Å². The maximum atomic E-state index is 10.4. The van der Waals surface area contributed by atoms with Crippen LogP contribution in [0.4, 0.5) is 0 Å². The molecular weight excluding hydrogens is 219 g/mol. The highest BCUT2D eigenvalue weighted by atomic mass is 35.5. The smallest absolute Gasteiger partial charge is 0.337 e. The number of aliphatic hydroxyl groups excluding tert-OH is 1. The molecule has 1 aromatic heterocycles. The number of rotatable bonds is 2. The number of hydrogen-bond acceptors (Lipinski definition) is 4. The summed E-state index contributed by atoms with van der Waals surface area (Å²) in [4.78, 5) is 17.4. The summed E-state index contributed by atoms with van der Waals surface area (Å²) in [6.07, 6.45) is -0.732. The van der Waals surface area contributed by atoms with E-state index in [9.17, 15) is 4.79 Å². The molecule has 2 N–H and O–H groups in total. The average Bonchev–Trinajstić information content (AvgIpc) is 2.03. The Balaban J connectivity index is 3.20.